The molecule has 1 saturated heterocycles. The number of hydrogen-bond acceptors (Lipinski definition) is 4. The SMILES string of the molecule is CN1CC(NC(=O)c2cc(-c3ccccc3Oc3ccccc3)n[nH]2)C2(CC2)C1. The second-order valence-corrected chi connectivity index (χ2v) is 8.16. The Morgan fingerprint density at radius 3 is 2.72 bits per heavy atom. The normalized spacial score (nSPS) is 20.0. The standard InChI is InChI=1S/C23H24N4O2/c1-27-14-21(23(15-27)11-12-23)24-22(28)19-13-18(25-26-19)17-9-5-6-10-20(17)29-16-7-3-2-4-8-16/h2-10,13,21H,11-12,14-15H2,1H3,(H,24,28)(H,25,26). The first kappa shape index (κ1) is 17.9. The number of nitrogens with zero attached hydrogens (tertiary/aromatic N) is 2. The van der Waals surface area contributed by atoms with Crippen molar-refractivity contribution in [3.8, 4) is 22.8 Å². The summed E-state index contributed by atoms with van der Waals surface area (Å²) < 4.78 is 6.03. The van der Waals surface area contributed by atoms with Crippen molar-refractivity contribution in [3.05, 3.63) is 66.4 Å². The molecule has 0 radical (unpaired) electrons. The number of carbonyl (C=O) groups is 1. The third-order valence-electron chi connectivity index (χ3n) is 5.97. The predicted molar refractivity (Wildman–Crippen MR) is 111 cm³/mol. The molecule has 1 aromatic heterocycles. The summed E-state index contributed by atoms with van der Waals surface area (Å²) in [5.74, 6) is 1.36. The van der Waals surface area contributed by atoms with Gasteiger partial charge in [-0.25, -0.2) is 0 Å². The van der Waals surface area contributed by atoms with Gasteiger partial charge in [-0.05, 0) is 50.2 Å². The lowest BCUT2D eigenvalue weighted by molar-refractivity contribution is 0.0922. The average molecular weight is 388 g/mol. The molecule has 2 heterocycles. The van der Waals surface area contributed by atoms with E-state index in [1.165, 1.54) is 12.8 Å². The number of carbonyl (C=O) groups excluding carboxylic acids is 1. The molecule has 5 rings (SSSR count). The second-order valence-electron chi connectivity index (χ2n) is 8.16. The number of aromatic nitrogens is 2. The summed E-state index contributed by atoms with van der Waals surface area (Å²) in [4.78, 5) is 15.1. The topological polar surface area (TPSA) is 70.2 Å². The van der Waals surface area contributed by atoms with Gasteiger partial charge in [-0.3, -0.25) is 9.89 Å². The zero-order valence-electron chi connectivity index (χ0n) is 16.4. The van der Waals surface area contributed by atoms with Gasteiger partial charge in [0, 0.05) is 30.1 Å². The number of ether oxygens (including phenoxy) is 1. The maximum absolute atomic E-state index is 12.8. The first-order valence-corrected chi connectivity index (χ1v) is 10.0. The monoisotopic (exact) mass is 388 g/mol. The Bertz CT molecular complexity index is 1030. The maximum atomic E-state index is 12.8. The molecule has 2 fully saturated rings. The fourth-order valence-corrected chi connectivity index (χ4v) is 4.28. The number of amides is 1. The molecule has 6 heteroatoms. The largest absolute Gasteiger partial charge is 0.457 e. The van der Waals surface area contributed by atoms with Gasteiger partial charge >= 0.3 is 0 Å². The van der Waals surface area contributed by atoms with Gasteiger partial charge in [0.05, 0.1) is 5.69 Å². The quantitative estimate of drug-likeness (QED) is 0.699. The van der Waals surface area contributed by atoms with Crippen LogP contribution in [0.4, 0.5) is 0 Å². The van der Waals surface area contributed by atoms with Crippen LogP contribution in [0.2, 0.25) is 0 Å². The van der Waals surface area contributed by atoms with E-state index in [1.807, 2.05) is 54.6 Å². The molecular weight excluding hydrogens is 364 g/mol. The van der Waals surface area contributed by atoms with Crippen LogP contribution in [0.1, 0.15) is 23.3 Å². The van der Waals surface area contributed by atoms with Crippen molar-refractivity contribution in [3.63, 3.8) is 0 Å². The fraction of sp³-hybridized carbons (Fsp3) is 0.304. The minimum Gasteiger partial charge on any atom is -0.457 e. The van der Waals surface area contributed by atoms with E-state index in [0.29, 0.717) is 17.1 Å². The lowest BCUT2D eigenvalue weighted by Gasteiger charge is -2.18. The van der Waals surface area contributed by atoms with Crippen LogP contribution in [-0.4, -0.2) is 47.2 Å². The number of hydrogen-bond donors (Lipinski definition) is 2. The van der Waals surface area contributed by atoms with Gasteiger partial charge in [0.25, 0.3) is 5.91 Å². The van der Waals surface area contributed by atoms with E-state index < -0.39 is 0 Å². The van der Waals surface area contributed by atoms with E-state index in [0.717, 1.165) is 24.4 Å². The minimum absolute atomic E-state index is 0.100. The average Bonchev–Trinajstić information content (AvgIpc) is 3.20. The van der Waals surface area contributed by atoms with E-state index in [9.17, 15) is 4.79 Å². The zero-order valence-corrected chi connectivity index (χ0v) is 16.4. The lowest BCUT2D eigenvalue weighted by atomic mass is 10.0. The summed E-state index contributed by atoms with van der Waals surface area (Å²) in [7, 11) is 2.12. The Hall–Kier alpha value is -3.12. The number of benzene rings is 2. The van der Waals surface area contributed by atoms with Crippen LogP contribution in [0.3, 0.4) is 0 Å². The Morgan fingerprint density at radius 2 is 1.93 bits per heavy atom. The van der Waals surface area contributed by atoms with Crippen LogP contribution in [0.25, 0.3) is 11.3 Å². The molecule has 6 nitrogen and oxygen atoms in total. The predicted octanol–water partition coefficient (Wildman–Crippen LogP) is 3.69. The number of likely N-dealkylation sites (tertiary alicyclic amines) is 1. The van der Waals surface area contributed by atoms with Gasteiger partial charge in [-0.15, -0.1) is 0 Å². The maximum Gasteiger partial charge on any atom is 0.269 e. The highest BCUT2D eigenvalue weighted by molar-refractivity contribution is 5.94. The number of rotatable bonds is 5. The fourth-order valence-electron chi connectivity index (χ4n) is 4.28. The van der Waals surface area contributed by atoms with E-state index in [-0.39, 0.29) is 17.4 Å². The van der Waals surface area contributed by atoms with E-state index >= 15 is 0 Å². The number of aromatic amines is 1. The molecule has 2 N–H and O–H groups in total. The van der Waals surface area contributed by atoms with Crippen molar-refractivity contribution in [2.75, 3.05) is 20.1 Å². The van der Waals surface area contributed by atoms with Crippen LogP contribution in [-0.2, 0) is 0 Å². The molecule has 1 spiro atoms. The van der Waals surface area contributed by atoms with Crippen LogP contribution < -0.4 is 10.1 Å². The lowest BCUT2D eigenvalue weighted by Crippen LogP contribution is -2.41. The number of H-pyrrole nitrogens is 1. The number of likely N-dealkylation sites (N-methyl/N-ethyl adjacent to an activating group) is 1. The van der Waals surface area contributed by atoms with Gasteiger partial charge in [0.15, 0.2) is 0 Å². The Labute approximate surface area is 169 Å². The van der Waals surface area contributed by atoms with Crippen LogP contribution in [0.15, 0.2) is 60.7 Å². The molecule has 0 bridgehead atoms. The molecule has 2 aliphatic rings. The summed E-state index contributed by atoms with van der Waals surface area (Å²) >= 11 is 0. The highest BCUT2D eigenvalue weighted by Gasteiger charge is 2.54. The first-order valence-electron chi connectivity index (χ1n) is 10.0. The molecule has 1 atom stereocenters. The molecule has 148 valence electrons. The molecule has 1 amide bonds. The van der Waals surface area contributed by atoms with Gasteiger partial charge in [0.1, 0.15) is 17.2 Å². The molecule has 3 aromatic rings. The Kier molecular flexibility index (Phi) is 4.36. The molecule has 1 aliphatic carbocycles. The van der Waals surface area contributed by atoms with Crippen molar-refractivity contribution < 1.29 is 9.53 Å². The number of para-hydroxylation sites is 2. The van der Waals surface area contributed by atoms with Crippen LogP contribution in [0, 0.1) is 5.41 Å². The summed E-state index contributed by atoms with van der Waals surface area (Å²) in [5, 5.41) is 10.5. The Morgan fingerprint density at radius 1 is 1.17 bits per heavy atom. The van der Waals surface area contributed by atoms with Crippen LogP contribution >= 0.6 is 0 Å². The van der Waals surface area contributed by atoms with Gasteiger partial charge in [-0.2, -0.15) is 5.10 Å². The third kappa shape index (κ3) is 3.51. The molecule has 1 aliphatic heterocycles. The van der Waals surface area contributed by atoms with E-state index in [4.69, 9.17) is 4.74 Å². The van der Waals surface area contributed by atoms with Crippen molar-refractivity contribution in [2.45, 2.75) is 18.9 Å². The van der Waals surface area contributed by atoms with Crippen molar-refractivity contribution in [1.82, 2.24) is 20.4 Å². The second kappa shape index (κ2) is 7.04. The van der Waals surface area contributed by atoms with E-state index in [1.54, 1.807) is 6.07 Å². The first-order chi connectivity index (χ1) is 14.1. The molecular formula is C23H24N4O2. The summed E-state index contributed by atoms with van der Waals surface area (Å²) in [6.07, 6.45) is 2.39. The summed E-state index contributed by atoms with van der Waals surface area (Å²) in [6, 6.07) is 19.3. The molecule has 1 saturated carbocycles. The third-order valence-corrected chi connectivity index (χ3v) is 5.97. The highest BCUT2D eigenvalue weighted by Crippen LogP contribution is 2.52. The zero-order chi connectivity index (χ0) is 19.8. The Balaban J connectivity index is 1.35. The molecule has 2 aromatic carbocycles. The highest BCUT2D eigenvalue weighted by atomic mass is 16.5. The van der Waals surface area contributed by atoms with Crippen molar-refractivity contribution in [1.29, 1.82) is 0 Å². The van der Waals surface area contributed by atoms with Gasteiger partial charge < -0.3 is 15.0 Å². The van der Waals surface area contributed by atoms with Gasteiger partial charge in [-0.1, -0.05) is 30.3 Å². The smallest absolute Gasteiger partial charge is 0.269 e. The van der Waals surface area contributed by atoms with Crippen molar-refractivity contribution in [2.24, 2.45) is 5.41 Å². The molecule has 1 unspecified atom stereocenters. The van der Waals surface area contributed by atoms with E-state index in [2.05, 4.69) is 27.5 Å². The minimum atomic E-state index is -0.100. The van der Waals surface area contributed by atoms with Crippen LogP contribution in [0.5, 0.6) is 11.5 Å². The summed E-state index contributed by atoms with van der Waals surface area (Å²) in [5.41, 5.74) is 2.28. The van der Waals surface area contributed by atoms with Gasteiger partial charge in [0.2, 0.25) is 0 Å². The van der Waals surface area contributed by atoms with Crippen molar-refractivity contribution >= 4 is 5.91 Å². The molecule has 29 heavy (non-hydrogen) atoms. The number of nitrogens with one attached hydrogen (secondary N) is 2. The summed E-state index contributed by atoms with van der Waals surface area (Å²) in [6.45, 7) is 1.97.